The molecule has 198 valence electrons. The second kappa shape index (κ2) is 9.57. The number of nitrogens with zero attached hydrogens (tertiary/aromatic N) is 2. The first-order valence-electron chi connectivity index (χ1n) is 13.8. The lowest BCUT2D eigenvalue weighted by molar-refractivity contribution is 0.525. The van der Waals surface area contributed by atoms with E-state index >= 15 is 4.39 Å². The van der Waals surface area contributed by atoms with Gasteiger partial charge >= 0.3 is 0 Å². The Morgan fingerprint density at radius 2 is 0.929 bits per heavy atom. The first-order valence-corrected chi connectivity index (χ1v) is 13.8. The van der Waals surface area contributed by atoms with Gasteiger partial charge in [-0.1, -0.05) is 97.1 Å². The van der Waals surface area contributed by atoms with Crippen LogP contribution in [0.2, 0.25) is 0 Å². The highest BCUT2D eigenvalue weighted by Crippen LogP contribution is 2.44. The molecule has 2 nitrogen and oxygen atoms in total. The number of pyridine rings is 2. The predicted molar refractivity (Wildman–Crippen MR) is 168 cm³/mol. The minimum absolute atomic E-state index is 0.116. The lowest BCUT2D eigenvalue weighted by Crippen LogP contribution is -1.96. The van der Waals surface area contributed by atoms with E-state index in [1.165, 1.54) is 17.0 Å². The Hall–Kier alpha value is -5.48. The Morgan fingerprint density at radius 3 is 1.60 bits per heavy atom. The van der Waals surface area contributed by atoms with Gasteiger partial charge in [-0.15, -0.1) is 0 Å². The van der Waals surface area contributed by atoms with Crippen molar-refractivity contribution in [3.05, 3.63) is 145 Å². The van der Waals surface area contributed by atoms with Crippen molar-refractivity contribution in [1.29, 1.82) is 0 Å². The molecule has 0 saturated heterocycles. The highest BCUT2D eigenvalue weighted by molar-refractivity contribution is 6.22. The van der Waals surface area contributed by atoms with Crippen molar-refractivity contribution in [2.75, 3.05) is 0 Å². The zero-order valence-electron chi connectivity index (χ0n) is 22.4. The summed E-state index contributed by atoms with van der Waals surface area (Å²) in [5.41, 5.74) is 6.81. The van der Waals surface area contributed by atoms with E-state index in [0.717, 1.165) is 38.4 Å². The van der Waals surface area contributed by atoms with Crippen molar-refractivity contribution in [3.8, 4) is 33.5 Å². The van der Waals surface area contributed by atoms with E-state index in [4.69, 9.17) is 4.98 Å². The molecule has 0 atom stereocenters. The number of hydrogen-bond donors (Lipinski definition) is 0. The molecule has 0 radical (unpaired) electrons. The summed E-state index contributed by atoms with van der Waals surface area (Å²) in [6, 6.07) is 42.3. The minimum atomic E-state index is -0.909. The molecule has 0 spiro atoms. The zero-order valence-corrected chi connectivity index (χ0v) is 22.4. The van der Waals surface area contributed by atoms with Crippen LogP contribution in [-0.2, 0) is 0 Å². The molecule has 0 N–H and O–H groups in total. The molecule has 0 bridgehead atoms. The largest absolute Gasteiger partial charge is 0.254 e. The maximum atomic E-state index is 15.0. The van der Waals surface area contributed by atoms with Crippen molar-refractivity contribution in [2.24, 2.45) is 0 Å². The lowest BCUT2D eigenvalue weighted by atomic mass is 9.85. The molecule has 42 heavy (non-hydrogen) atoms. The Kier molecular flexibility index (Phi) is 5.54. The average Bonchev–Trinajstić information content (AvgIpc) is 3.06. The van der Waals surface area contributed by atoms with Gasteiger partial charge in [-0.3, -0.25) is 4.98 Å². The smallest absolute Gasteiger partial charge is 0.168 e. The lowest BCUT2D eigenvalue weighted by Gasteiger charge is -2.18. The summed E-state index contributed by atoms with van der Waals surface area (Å²) in [7, 11) is 0. The molecule has 8 aromatic rings. The Labute approximate surface area is 240 Å². The van der Waals surface area contributed by atoms with Crippen LogP contribution in [-0.4, -0.2) is 9.97 Å². The van der Waals surface area contributed by atoms with Crippen LogP contribution in [0.5, 0.6) is 0 Å². The van der Waals surface area contributed by atoms with Crippen molar-refractivity contribution in [3.63, 3.8) is 0 Å². The van der Waals surface area contributed by atoms with Gasteiger partial charge in [0.2, 0.25) is 0 Å². The van der Waals surface area contributed by atoms with E-state index in [1.54, 1.807) is 24.4 Å². The monoisotopic (exact) mass is 544 g/mol. The fourth-order valence-electron chi connectivity index (χ4n) is 6.15. The van der Waals surface area contributed by atoms with Crippen LogP contribution in [0.15, 0.2) is 134 Å². The number of hydrogen-bond acceptors (Lipinski definition) is 2. The molecular weight excluding hydrogens is 522 g/mol. The van der Waals surface area contributed by atoms with E-state index < -0.39 is 11.6 Å². The molecule has 4 heteroatoms. The number of rotatable bonds is 3. The van der Waals surface area contributed by atoms with Crippen LogP contribution in [0.4, 0.5) is 8.78 Å². The highest BCUT2D eigenvalue weighted by atomic mass is 19.2. The van der Waals surface area contributed by atoms with Crippen LogP contribution in [0.3, 0.4) is 0 Å². The van der Waals surface area contributed by atoms with Crippen LogP contribution in [0, 0.1) is 11.6 Å². The van der Waals surface area contributed by atoms with Crippen molar-refractivity contribution < 1.29 is 8.78 Å². The summed E-state index contributed by atoms with van der Waals surface area (Å²) in [4.78, 5) is 9.22. The summed E-state index contributed by atoms with van der Waals surface area (Å²) in [6.45, 7) is 0. The second-order valence-electron chi connectivity index (χ2n) is 10.4. The van der Waals surface area contributed by atoms with Gasteiger partial charge in [0.25, 0.3) is 0 Å². The maximum Gasteiger partial charge on any atom is 0.168 e. The number of aromatic nitrogens is 2. The third kappa shape index (κ3) is 3.69. The molecule has 2 heterocycles. The number of halogens is 2. The SMILES string of the molecule is Fc1c(F)c2ccc(-c3ccc4c(-c5ccccc5)c5ccccc5c(-c5ccccc5)c4c3)nc2c2ncccc12. The number of fused-ring (bicyclic) bond motifs is 5. The molecule has 2 aromatic heterocycles. The van der Waals surface area contributed by atoms with Gasteiger partial charge in [-0.2, -0.15) is 0 Å². The second-order valence-corrected chi connectivity index (χ2v) is 10.4. The van der Waals surface area contributed by atoms with Crippen LogP contribution < -0.4 is 0 Å². The van der Waals surface area contributed by atoms with E-state index in [-0.39, 0.29) is 10.8 Å². The summed E-state index contributed by atoms with van der Waals surface area (Å²) >= 11 is 0. The average molecular weight is 545 g/mol. The van der Waals surface area contributed by atoms with Gasteiger partial charge in [-0.05, 0) is 74.1 Å². The van der Waals surface area contributed by atoms with Crippen LogP contribution in [0.25, 0.3) is 76.9 Å². The van der Waals surface area contributed by atoms with Crippen molar-refractivity contribution in [2.45, 2.75) is 0 Å². The Bertz CT molecular complexity index is 2310. The third-order valence-electron chi connectivity index (χ3n) is 8.04. The molecule has 0 saturated carbocycles. The van der Waals surface area contributed by atoms with E-state index in [1.807, 2.05) is 12.1 Å². The van der Waals surface area contributed by atoms with Gasteiger partial charge in [0, 0.05) is 22.5 Å². The molecule has 0 amide bonds. The standard InChI is InChI=1S/C38H22F2N2/c39-35-29-16-9-21-41-37(29)38-30(36(35)40)19-20-32(42-38)25-17-18-28-31(22-25)34(24-12-5-2-6-13-24)27-15-8-7-14-26(27)33(28)23-10-3-1-4-11-23/h1-22H. The summed E-state index contributed by atoms with van der Waals surface area (Å²) in [5, 5.41) is 4.80. The molecule has 0 unspecified atom stereocenters. The van der Waals surface area contributed by atoms with Gasteiger partial charge in [0.15, 0.2) is 11.6 Å². The summed E-state index contributed by atoms with van der Waals surface area (Å²) in [6.07, 6.45) is 1.58. The maximum absolute atomic E-state index is 15.0. The fourth-order valence-corrected chi connectivity index (χ4v) is 6.15. The molecule has 0 aliphatic rings. The molecule has 0 aliphatic carbocycles. The normalized spacial score (nSPS) is 11.6. The fraction of sp³-hybridized carbons (Fsp3) is 0. The van der Waals surface area contributed by atoms with Crippen molar-refractivity contribution in [1.82, 2.24) is 9.97 Å². The first kappa shape index (κ1) is 24.3. The van der Waals surface area contributed by atoms with E-state index in [0.29, 0.717) is 16.7 Å². The summed E-state index contributed by atoms with van der Waals surface area (Å²) < 4.78 is 29.8. The quantitative estimate of drug-likeness (QED) is 0.163. The molecule has 6 aromatic carbocycles. The van der Waals surface area contributed by atoms with Crippen LogP contribution in [0.1, 0.15) is 0 Å². The van der Waals surface area contributed by atoms with Gasteiger partial charge in [0.1, 0.15) is 5.52 Å². The minimum Gasteiger partial charge on any atom is -0.254 e. The van der Waals surface area contributed by atoms with Crippen molar-refractivity contribution >= 4 is 43.4 Å². The molecule has 8 rings (SSSR count). The third-order valence-corrected chi connectivity index (χ3v) is 8.04. The van der Waals surface area contributed by atoms with Gasteiger partial charge in [-0.25, -0.2) is 13.8 Å². The van der Waals surface area contributed by atoms with E-state index in [2.05, 4.69) is 96.0 Å². The highest BCUT2D eigenvalue weighted by Gasteiger charge is 2.19. The van der Waals surface area contributed by atoms with Gasteiger partial charge in [0.05, 0.1) is 11.2 Å². The Morgan fingerprint density at radius 1 is 0.405 bits per heavy atom. The van der Waals surface area contributed by atoms with E-state index in [9.17, 15) is 4.39 Å². The topological polar surface area (TPSA) is 25.8 Å². The first-order chi connectivity index (χ1) is 20.7. The molecule has 0 fully saturated rings. The zero-order chi connectivity index (χ0) is 28.2. The number of benzene rings is 6. The van der Waals surface area contributed by atoms with Crippen LogP contribution >= 0.6 is 0 Å². The Balaban J connectivity index is 1.47. The predicted octanol–water partition coefficient (Wildman–Crippen LogP) is 10.4. The molecule has 0 aliphatic heterocycles. The summed E-state index contributed by atoms with van der Waals surface area (Å²) in [5.74, 6) is -1.81. The van der Waals surface area contributed by atoms with Gasteiger partial charge < -0.3 is 0 Å². The molecular formula is C38H22F2N2.